The Hall–Kier alpha value is -2.95. The molecule has 3 aromatic rings. The van der Waals surface area contributed by atoms with Crippen molar-refractivity contribution in [1.82, 2.24) is 9.55 Å². The second-order valence-corrected chi connectivity index (χ2v) is 5.54. The molecular weight excluding hydrogens is 293 g/mol. The number of fused-ring (bicyclic) bond motifs is 1. The average molecular weight is 307 g/mol. The largest absolute Gasteiger partial charge is 0.310 e. The number of benzene rings is 2. The third-order valence-electron chi connectivity index (χ3n) is 4.08. The predicted molar refractivity (Wildman–Crippen MR) is 85.1 cm³/mol. The molecule has 114 valence electrons. The van der Waals surface area contributed by atoms with Crippen LogP contribution < -0.4 is 5.32 Å². The van der Waals surface area contributed by atoms with Gasteiger partial charge in [0, 0.05) is 18.0 Å². The highest BCUT2D eigenvalue weighted by molar-refractivity contribution is 5.94. The molecule has 1 N–H and O–H groups in total. The predicted octanol–water partition coefficient (Wildman–Crippen LogP) is 3.49. The smallest absolute Gasteiger partial charge is 0.226 e. The SMILES string of the molecule is O=C1C[C@@H](c2ccccc2)c2ncn(-c3ccc(F)cc3)c2N1. The van der Waals surface area contributed by atoms with Crippen molar-refractivity contribution < 1.29 is 9.18 Å². The number of carbonyl (C=O) groups is 1. The van der Waals surface area contributed by atoms with Gasteiger partial charge >= 0.3 is 0 Å². The van der Waals surface area contributed by atoms with Gasteiger partial charge < -0.3 is 5.32 Å². The zero-order valence-electron chi connectivity index (χ0n) is 12.2. The average Bonchev–Trinajstić information content (AvgIpc) is 2.99. The number of hydrogen-bond donors (Lipinski definition) is 1. The molecule has 0 unspecified atom stereocenters. The van der Waals surface area contributed by atoms with E-state index in [1.807, 2.05) is 30.3 Å². The second-order valence-electron chi connectivity index (χ2n) is 5.54. The molecule has 2 heterocycles. The van der Waals surface area contributed by atoms with Crippen LogP contribution in [0.5, 0.6) is 0 Å². The number of nitrogens with one attached hydrogen (secondary N) is 1. The third-order valence-corrected chi connectivity index (χ3v) is 4.08. The summed E-state index contributed by atoms with van der Waals surface area (Å²) in [6.07, 6.45) is 2.04. The van der Waals surface area contributed by atoms with Crippen LogP contribution in [0.2, 0.25) is 0 Å². The van der Waals surface area contributed by atoms with Crippen molar-refractivity contribution in [1.29, 1.82) is 0 Å². The minimum absolute atomic E-state index is 0.0461. The van der Waals surface area contributed by atoms with E-state index in [1.54, 1.807) is 23.0 Å². The minimum Gasteiger partial charge on any atom is -0.310 e. The number of carbonyl (C=O) groups excluding carboxylic acids is 1. The molecule has 1 aromatic heterocycles. The van der Waals surface area contributed by atoms with Crippen molar-refractivity contribution in [3.8, 4) is 5.69 Å². The Morgan fingerprint density at radius 3 is 2.57 bits per heavy atom. The van der Waals surface area contributed by atoms with Gasteiger partial charge in [-0.25, -0.2) is 9.37 Å². The molecule has 1 aliphatic heterocycles. The monoisotopic (exact) mass is 307 g/mol. The minimum atomic E-state index is -0.297. The van der Waals surface area contributed by atoms with E-state index in [0.717, 1.165) is 16.9 Å². The van der Waals surface area contributed by atoms with E-state index < -0.39 is 0 Å². The lowest BCUT2D eigenvalue weighted by atomic mass is 9.90. The summed E-state index contributed by atoms with van der Waals surface area (Å²) in [6, 6.07) is 16.0. The summed E-state index contributed by atoms with van der Waals surface area (Å²) in [5, 5.41) is 2.89. The maximum Gasteiger partial charge on any atom is 0.226 e. The molecular formula is C18H14FN3O. The van der Waals surface area contributed by atoms with E-state index in [9.17, 15) is 9.18 Å². The van der Waals surface area contributed by atoms with Crippen molar-refractivity contribution in [2.24, 2.45) is 0 Å². The molecule has 4 rings (SSSR count). The normalized spacial score (nSPS) is 16.7. The molecule has 0 aliphatic carbocycles. The summed E-state index contributed by atoms with van der Waals surface area (Å²) in [4.78, 5) is 16.6. The van der Waals surface area contributed by atoms with E-state index in [-0.39, 0.29) is 17.6 Å². The number of halogens is 1. The summed E-state index contributed by atoms with van der Waals surface area (Å²) in [6.45, 7) is 0. The summed E-state index contributed by atoms with van der Waals surface area (Å²) < 4.78 is 14.9. The van der Waals surface area contributed by atoms with Crippen LogP contribution in [0.1, 0.15) is 23.6 Å². The number of anilines is 1. The highest BCUT2D eigenvalue weighted by Crippen LogP contribution is 2.37. The van der Waals surface area contributed by atoms with Gasteiger partial charge in [-0.05, 0) is 29.8 Å². The summed E-state index contributed by atoms with van der Waals surface area (Å²) in [5.74, 6) is 0.243. The van der Waals surface area contributed by atoms with Crippen LogP contribution in [0.25, 0.3) is 5.69 Å². The summed E-state index contributed by atoms with van der Waals surface area (Å²) in [5.41, 5.74) is 2.65. The molecule has 0 fully saturated rings. The Labute approximate surface area is 132 Å². The van der Waals surface area contributed by atoms with E-state index in [1.165, 1.54) is 12.1 Å². The molecule has 1 aliphatic rings. The summed E-state index contributed by atoms with van der Waals surface area (Å²) in [7, 11) is 0. The molecule has 0 saturated carbocycles. The van der Waals surface area contributed by atoms with Gasteiger partial charge in [0.1, 0.15) is 18.0 Å². The Morgan fingerprint density at radius 2 is 1.83 bits per heavy atom. The Kier molecular flexibility index (Phi) is 3.19. The van der Waals surface area contributed by atoms with E-state index in [0.29, 0.717) is 12.2 Å². The van der Waals surface area contributed by atoms with Gasteiger partial charge in [0.05, 0.1) is 5.69 Å². The lowest BCUT2D eigenvalue weighted by Crippen LogP contribution is -2.24. The molecule has 0 radical (unpaired) electrons. The highest BCUT2D eigenvalue weighted by Gasteiger charge is 2.30. The zero-order valence-corrected chi connectivity index (χ0v) is 12.2. The van der Waals surface area contributed by atoms with Crippen LogP contribution in [0.4, 0.5) is 10.2 Å². The van der Waals surface area contributed by atoms with Crippen molar-refractivity contribution in [2.45, 2.75) is 12.3 Å². The zero-order chi connectivity index (χ0) is 15.8. The first-order valence-electron chi connectivity index (χ1n) is 7.40. The van der Waals surface area contributed by atoms with Crippen molar-refractivity contribution in [2.75, 3.05) is 5.32 Å². The molecule has 2 aromatic carbocycles. The Balaban J connectivity index is 1.81. The van der Waals surface area contributed by atoms with E-state index >= 15 is 0 Å². The Bertz CT molecular complexity index is 856. The fourth-order valence-corrected chi connectivity index (χ4v) is 2.97. The summed E-state index contributed by atoms with van der Waals surface area (Å²) >= 11 is 0. The second kappa shape index (κ2) is 5.35. The fourth-order valence-electron chi connectivity index (χ4n) is 2.97. The van der Waals surface area contributed by atoms with Crippen LogP contribution in [0.3, 0.4) is 0 Å². The van der Waals surface area contributed by atoms with Gasteiger partial charge in [-0.1, -0.05) is 30.3 Å². The molecule has 4 nitrogen and oxygen atoms in total. The van der Waals surface area contributed by atoms with Gasteiger partial charge in [0.15, 0.2) is 0 Å². The van der Waals surface area contributed by atoms with Crippen LogP contribution in [0.15, 0.2) is 60.9 Å². The van der Waals surface area contributed by atoms with Gasteiger partial charge in [-0.15, -0.1) is 0 Å². The molecule has 23 heavy (non-hydrogen) atoms. The highest BCUT2D eigenvalue weighted by atomic mass is 19.1. The number of imidazole rings is 1. The van der Waals surface area contributed by atoms with Crippen LogP contribution in [0, 0.1) is 5.82 Å². The number of nitrogens with zero attached hydrogens (tertiary/aromatic N) is 2. The number of rotatable bonds is 2. The first kappa shape index (κ1) is 13.7. The van der Waals surface area contributed by atoms with Crippen molar-refractivity contribution in [3.63, 3.8) is 0 Å². The molecule has 0 saturated heterocycles. The molecule has 0 bridgehead atoms. The lowest BCUT2D eigenvalue weighted by molar-refractivity contribution is -0.116. The van der Waals surface area contributed by atoms with Crippen LogP contribution in [-0.4, -0.2) is 15.5 Å². The molecule has 5 heteroatoms. The fraction of sp³-hybridized carbons (Fsp3) is 0.111. The van der Waals surface area contributed by atoms with Crippen LogP contribution in [-0.2, 0) is 4.79 Å². The molecule has 0 spiro atoms. The Morgan fingerprint density at radius 1 is 1.09 bits per heavy atom. The van der Waals surface area contributed by atoms with Gasteiger partial charge in [-0.3, -0.25) is 9.36 Å². The maximum atomic E-state index is 13.1. The first-order valence-corrected chi connectivity index (χ1v) is 7.40. The van der Waals surface area contributed by atoms with Crippen LogP contribution >= 0.6 is 0 Å². The van der Waals surface area contributed by atoms with Crippen molar-refractivity contribution in [3.05, 3.63) is 78.0 Å². The van der Waals surface area contributed by atoms with Gasteiger partial charge in [0.2, 0.25) is 5.91 Å². The quantitative estimate of drug-likeness (QED) is 0.788. The molecule has 1 atom stereocenters. The van der Waals surface area contributed by atoms with Gasteiger partial charge in [-0.2, -0.15) is 0 Å². The topological polar surface area (TPSA) is 46.9 Å². The first-order chi connectivity index (χ1) is 11.2. The standard InChI is InChI=1S/C18H14FN3O/c19-13-6-8-14(9-7-13)22-11-20-17-15(10-16(23)21-18(17)22)12-4-2-1-3-5-12/h1-9,11,15H,10H2,(H,21,23)/t15-/m0/s1. The number of amides is 1. The van der Waals surface area contributed by atoms with E-state index in [4.69, 9.17) is 0 Å². The number of aromatic nitrogens is 2. The number of hydrogen-bond acceptors (Lipinski definition) is 2. The third kappa shape index (κ3) is 2.40. The van der Waals surface area contributed by atoms with E-state index in [2.05, 4.69) is 10.3 Å². The maximum absolute atomic E-state index is 13.1. The lowest BCUT2D eigenvalue weighted by Gasteiger charge is -2.23. The van der Waals surface area contributed by atoms with Gasteiger partial charge in [0.25, 0.3) is 0 Å². The van der Waals surface area contributed by atoms with Crippen molar-refractivity contribution >= 4 is 11.7 Å². The molecule has 1 amide bonds.